The molecule has 6 nitrogen and oxygen atoms in total. The fourth-order valence-corrected chi connectivity index (χ4v) is 3.20. The molecule has 1 atom stereocenters. The first kappa shape index (κ1) is 24.9. The van der Waals surface area contributed by atoms with Gasteiger partial charge in [-0.15, -0.1) is 0 Å². The number of nitrogens with zero attached hydrogens (tertiary/aromatic N) is 1. The lowest BCUT2D eigenvalue weighted by molar-refractivity contribution is -0.873. The van der Waals surface area contributed by atoms with Gasteiger partial charge >= 0.3 is 7.32 Å². The van der Waals surface area contributed by atoms with E-state index in [0.717, 1.165) is 35.4 Å². The highest BCUT2D eigenvalue weighted by Crippen LogP contribution is 2.22. The van der Waals surface area contributed by atoms with Gasteiger partial charge in [0.2, 0.25) is 0 Å². The zero-order valence-electron chi connectivity index (χ0n) is 19.8. The van der Waals surface area contributed by atoms with Crippen molar-refractivity contribution in [2.75, 3.05) is 41.9 Å². The summed E-state index contributed by atoms with van der Waals surface area (Å²) in [5, 5.41) is 0. The van der Waals surface area contributed by atoms with Gasteiger partial charge in [0, 0.05) is 0 Å². The Morgan fingerprint density at radius 2 is 1.19 bits per heavy atom. The Balaban J connectivity index is 2.17. The van der Waals surface area contributed by atoms with Crippen molar-refractivity contribution in [3.8, 4) is 23.0 Å². The zero-order valence-corrected chi connectivity index (χ0v) is 19.8. The van der Waals surface area contributed by atoms with Crippen LogP contribution in [0.5, 0.6) is 23.0 Å². The zero-order chi connectivity index (χ0) is 22.7. The molecule has 2 aromatic carbocycles. The molecule has 31 heavy (non-hydrogen) atoms. The number of hydrogen-bond acceptors (Lipinski definition) is 5. The summed E-state index contributed by atoms with van der Waals surface area (Å²) in [6, 6.07) is 14.8. The van der Waals surface area contributed by atoms with Gasteiger partial charge in [0.25, 0.3) is 0 Å². The van der Waals surface area contributed by atoms with Crippen molar-refractivity contribution < 1.29 is 27.9 Å². The van der Waals surface area contributed by atoms with Gasteiger partial charge in [-0.05, 0) is 55.0 Å². The van der Waals surface area contributed by atoms with Crippen LogP contribution in [0.1, 0.15) is 32.6 Å². The number of rotatable bonds is 14. The lowest BCUT2D eigenvalue weighted by atomic mass is 10.1. The van der Waals surface area contributed by atoms with Crippen LogP contribution in [-0.4, -0.2) is 59.8 Å². The highest BCUT2D eigenvalue weighted by molar-refractivity contribution is 6.38. The Hall–Kier alpha value is -2.38. The predicted molar refractivity (Wildman–Crippen MR) is 125 cm³/mol. The Morgan fingerprint density at radius 1 is 0.742 bits per heavy atom. The molecule has 1 unspecified atom stereocenters. The van der Waals surface area contributed by atoms with Gasteiger partial charge in [-0.25, -0.2) is 0 Å². The van der Waals surface area contributed by atoms with Crippen LogP contribution in [-0.2, 0) is 4.65 Å². The maximum absolute atomic E-state index is 6.37. The molecule has 0 amide bonds. The van der Waals surface area contributed by atoms with E-state index in [9.17, 15) is 0 Å². The summed E-state index contributed by atoms with van der Waals surface area (Å²) in [5.74, 6) is 2.83. The lowest BCUT2D eigenvalue weighted by Crippen LogP contribution is -2.46. The monoisotopic (exact) mass is 430 g/mol. The van der Waals surface area contributed by atoms with E-state index in [2.05, 4.69) is 28.1 Å². The average Bonchev–Trinajstić information content (AvgIpc) is 2.74. The Kier molecular flexibility index (Phi) is 10.0. The van der Waals surface area contributed by atoms with Gasteiger partial charge in [0.05, 0.1) is 41.5 Å². The third-order valence-electron chi connectivity index (χ3n) is 4.77. The fourth-order valence-electron chi connectivity index (χ4n) is 3.20. The molecule has 0 aliphatic rings. The minimum Gasteiger partial charge on any atom is -0.501 e. The first-order valence-corrected chi connectivity index (χ1v) is 10.9. The van der Waals surface area contributed by atoms with E-state index in [1.165, 1.54) is 12.8 Å². The molecule has 0 saturated carbocycles. The fraction of sp³-hybridized carbons (Fsp3) is 0.500. The van der Waals surface area contributed by atoms with Crippen molar-refractivity contribution in [1.82, 2.24) is 0 Å². The van der Waals surface area contributed by atoms with Crippen LogP contribution in [0.4, 0.5) is 0 Å². The summed E-state index contributed by atoms with van der Waals surface area (Å²) in [5.41, 5.74) is 0. The summed E-state index contributed by atoms with van der Waals surface area (Å²) in [4.78, 5) is 0. The Labute approximate surface area is 187 Å². The lowest BCUT2D eigenvalue weighted by Gasteiger charge is -2.30. The predicted octanol–water partition coefficient (Wildman–Crippen LogP) is 4.82. The first-order chi connectivity index (χ1) is 14.8. The van der Waals surface area contributed by atoms with Crippen molar-refractivity contribution in [2.24, 2.45) is 0 Å². The molecular formula is C24H37BNO5+. The summed E-state index contributed by atoms with van der Waals surface area (Å²) >= 11 is 0. The van der Waals surface area contributed by atoms with E-state index in [1.54, 1.807) is 14.2 Å². The molecule has 0 saturated heterocycles. The molecule has 0 fully saturated rings. The molecule has 0 heterocycles. The second-order valence-electron chi connectivity index (χ2n) is 8.60. The molecule has 0 aliphatic carbocycles. The molecule has 0 N–H and O–H groups in total. The van der Waals surface area contributed by atoms with E-state index in [-0.39, 0.29) is 6.10 Å². The van der Waals surface area contributed by atoms with E-state index >= 15 is 0 Å². The number of hydrogen-bond donors (Lipinski definition) is 0. The van der Waals surface area contributed by atoms with Gasteiger partial charge in [-0.3, -0.25) is 0 Å². The molecule has 7 heteroatoms. The topological polar surface area (TPSA) is 46.2 Å². The quantitative estimate of drug-likeness (QED) is 0.244. The second-order valence-corrected chi connectivity index (χ2v) is 8.60. The number of unbranched alkanes of at least 4 members (excludes halogenated alkanes) is 2. The van der Waals surface area contributed by atoms with E-state index < -0.39 is 7.32 Å². The minimum atomic E-state index is -0.875. The maximum atomic E-state index is 6.37. The van der Waals surface area contributed by atoms with E-state index in [4.69, 9.17) is 23.4 Å². The molecule has 0 radical (unpaired) electrons. The van der Waals surface area contributed by atoms with Crippen LogP contribution in [0.15, 0.2) is 48.5 Å². The van der Waals surface area contributed by atoms with Gasteiger partial charge in [0.15, 0.2) is 0 Å². The first-order valence-electron chi connectivity index (χ1n) is 10.9. The summed E-state index contributed by atoms with van der Waals surface area (Å²) in [6.07, 6.45) is 4.43. The highest BCUT2D eigenvalue weighted by atomic mass is 16.7. The molecular weight excluding hydrogens is 393 g/mol. The number of ether oxygens (including phenoxy) is 2. The molecule has 0 aliphatic heterocycles. The van der Waals surface area contributed by atoms with Crippen molar-refractivity contribution in [1.29, 1.82) is 0 Å². The molecule has 2 rings (SSSR count). The highest BCUT2D eigenvalue weighted by Gasteiger charge is 2.33. The van der Waals surface area contributed by atoms with Gasteiger partial charge in [-0.1, -0.05) is 26.2 Å². The van der Waals surface area contributed by atoms with Crippen molar-refractivity contribution in [2.45, 2.75) is 38.7 Å². The summed E-state index contributed by atoms with van der Waals surface area (Å²) < 4.78 is 29.8. The molecule has 170 valence electrons. The van der Waals surface area contributed by atoms with Crippen LogP contribution in [0, 0.1) is 0 Å². The number of benzene rings is 2. The van der Waals surface area contributed by atoms with Crippen LogP contribution in [0.25, 0.3) is 0 Å². The van der Waals surface area contributed by atoms with Gasteiger partial charge in [0.1, 0.15) is 29.5 Å². The van der Waals surface area contributed by atoms with Crippen molar-refractivity contribution >= 4 is 7.32 Å². The number of likely N-dealkylation sites (N-methyl/N-ethyl adjacent to an activating group) is 1. The second kappa shape index (κ2) is 12.5. The maximum Gasteiger partial charge on any atom is 0.788 e. The number of quaternary nitrogens is 1. The van der Waals surface area contributed by atoms with Gasteiger partial charge in [-0.2, -0.15) is 0 Å². The van der Waals surface area contributed by atoms with Crippen LogP contribution >= 0.6 is 0 Å². The summed E-state index contributed by atoms with van der Waals surface area (Å²) in [7, 11) is 8.90. The standard InChI is InChI=1S/C24H37BNO5/c1-7-8-9-10-24(19-26(2,3)4)31-25(29-22-15-11-20(27-5)12-16-22)30-23-17-13-21(28-6)14-18-23/h11-18,24H,7-10,19H2,1-6H3/q+1. The van der Waals surface area contributed by atoms with Crippen LogP contribution in [0.2, 0.25) is 0 Å². The van der Waals surface area contributed by atoms with Crippen molar-refractivity contribution in [3.63, 3.8) is 0 Å². The minimum absolute atomic E-state index is 0.00745. The molecule has 2 aromatic rings. The van der Waals surface area contributed by atoms with Crippen molar-refractivity contribution in [3.05, 3.63) is 48.5 Å². The van der Waals surface area contributed by atoms with E-state index in [1.807, 2.05) is 48.5 Å². The summed E-state index contributed by atoms with van der Waals surface area (Å²) in [6.45, 7) is 3.07. The van der Waals surface area contributed by atoms with Crippen LogP contribution < -0.4 is 18.8 Å². The normalized spacial score (nSPS) is 12.2. The molecule has 0 bridgehead atoms. The smallest absolute Gasteiger partial charge is 0.501 e. The third kappa shape index (κ3) is 9.53. The molecule has 0 aromatic heterocycles. The third-order valence-corrected chi connectivity index (χ3v) is 4.77. The largest absolute Gasteiger partial charge is 0.788 e. The number of methoxy groups -OCH3 is 2. The average molecular weight is 430 g/mol. The van der Waals surface area contributed by atoms with E-state index in [0.29, 0.717) is 11.5 Å². The Bertz CT molecular complexity index is 697. The Morgan fingerprint density at radius 3 is 1.58 bits per heavy atom. The van der Waals surface area contributed by atoms with Crippen LogP contribution in [0.3, 0.4) is 0 Å². The van der Waals surface area contributed by atoms with Gasteiger partial charge < -0.3 is 27.9 Å². The molecule has 0 spiro atoms. The SMILES string of the molecule is CCCCCC(C[N+](C)(C)C)OB(Oc1ccc(OC)cc1)Oc1ccc(OC)cc1.